The minimum Gasteiger partial charge on any atom is -0.269 e. The van der Waals surface area contributed by atoms with Crippen molar-refractivity contribution in [2.75, 3.05) is 11.4 Å². The Morgan fingerprint density at radius 2 is 1.96 bits per heavy atom. The molecular formula is C15H12FN3O4S. The van der Waals surface area contributed by atoms with E-state index in [-0.39, 0.29) is 16.8 Å². The number of aryl methyl sites for hydroxylation is 1. The van der Waals surface area contributed by atoms with E-state index in [0.717, 1.165) is 10.4 Å². The van der Waals surface area contributed by atoms with Crippen LogP contribution in [0.4, 0.5) is 15.8 Å². The largest absolute Gasteiger partial charge is 0.273 e. The maximum atomic E-state index is 14.1. The summed E-state index contributed by atoms with van der Waals surface area (Å²) in [5.41, 5.74) is -0.110. The van der Waals surface area contributed by atoms with Gasteiger partial charge in [-0.1, -0.05) is 6.07 Å². The maximum Gasteiger partial charge on any atom is 0.273 e. The molecule has 0 unspecified atom stereocenters. The molecule has 0 fully saturated rings. The number of sulfonamides is 1. The molecule has 0 spiro atoms. The zero-order chi connectivity index (χ0) is 18.1. The van der Waals surface area contributed by atoms with Crippen LogP contribution in [-0.2, 0) is 10.0 Å². The minimum atomic E-state index is -4.38. The number of anilines is 1. The van der Waals surface area contributed by atoms with Gasteiger partial charge in [0.25, 0.3) is 15.7 Å². The molecule has 0 bridgehead atoms. The van der Waals surface area contributed by atoms with E-state index in [4.69, 9.17) is 5.26 Å². The number of benzene rings is 2. The molecule has 7 nitrogen and oxygen atoms in total. The molecule has 0 aromatic heterocycles. The predicted octanol–water partition coefficient (Wildman–Crippen LogP) is 2.74. The van der Waals surface area contributed by atoms with Crippen LogP contribution >= 0.6 is 0 Å². The number of nitriles is 1. The Kier molecular flexibility index (Phi) is 4.52. The molecule has 0 amide bonds. The van der Waals surface area contributed by atoms with E-state index in [0.29, 0.717) is 6.07 Å². The molecule has 24 heavy (non-hydrogen) atoms. The molecule has 0 saturated heterocycles. The van der Waals surface area contributed by atoms with Crippen molar-refractivity contribution in [1.29, 1.82) is 5.26 Å². The topological polar surface area (TPSA) is 104 Å². The van der Waals surface area contributed by atoms with Gasteiger partial charge in [0.05, 0.1) is 22.2 Å². The van der Waals surface area contributed by atoms with E-state index in [1.165, 1.54) is 38.2 Å². The van der Waals surface area contributed by atoms with Crippen LogP contribution in [0.2, 0.25) is 0 Å². The van der Waals surface area contributed by atoms with Crippen LogP contribution < -0.4 is 4.31 Å². The first-order valence-corrected chi connectivity index (χ1v) is 8.06. The van der Waals surface area contributed by atoms with Crippen LogP contribution in [0.15, 0.2) is 41.3 Å². The average molecular weight is 349 g/mol. The first-order chi connectivity index (χ1) is 11.2. The molecule has 0 heterocycles. The second-order valence-corrected chi connectivity index (χ2v) is 6.90. The number of halogens is 1. The molecule has 2 aromatic carbocycles. The van der Waals surface area contributed by atoms with Gasteiger partial charge in [-0.15, -0.1) is 0 Å². The summed E-state index contributed by atoms with van der Waals surface area (Å²) in [7, 11) is -3.20. The molecule has 0 aliphatic carbocycles. The first-order valence-electron chi connectivity index (χ1n) is 6.62. The van der Waals surface area contributed by atoms with E-state index in [1.807, 2.05) is 6.07 Å². The van der Waals surface area contributed by atoms with Crippen LogP contribution in [0.3, 0.4) is 0 Å². The molecule has 0 atom stereocenters. The third kappa shape index (κ3) is 3.04. The monoisotopic (exact) mass is 349 g/mol. The highest BCUT2D eigenvalue weighted by molar-refractivity contribution is 7.92. The van der Waals surface area contributed by atoms with Gasteiger partial charge in [0, 0.05) is 18.7 Å². The van der Waals surface area contributed by atoms with E-state index in [2.05, 4.69) is 0 Å². The van der Waals surface area contributed by atoms with E-state index in [9.17, 15) is 22.9 Å². The summed E-state index contributed by atoms with van der Waals surface area (Å²) in [4.78, 5) is 9.40. The number of nitro benzene ring substituents is 1. The number of hydrogen-bond acceptors (Lipinski definition) is 5. The molecule has 0 N–H and O–H groups in total. The van der Waals surface area contributed by atoms with Gasteiger partial charge >= 0.3 is 0 Å². The van der Waals surface area contributed by atoms with Crippen LogP contribution in [0.25, 0.3) is 0 Å². The summed E-state index contributed by atoms with van der Waals surface area (Å²) in [6.07, 6.45) is 0. The maximum absolute atomic E-state index is 14.1. The van der Waals surface area contributed by atoms with Crippen molar-refractivity contribution < 1.29 is 17.7 Å². The van der Waals surface area contributed by atoms with Gasteiger partial charge in [0.2, 0.25) is 0 Å². The second-order valence-electron chi connectivity index (χ2n) is 4.96. The van der Waals surface area contributed by atoms with Gasteiger partial charge in [-0.25, -0.2) is 12.8 Å². The fourth-order valence-electron chi connectivity index (χ4n) is 2.09. The molecular weight excluding hydrogens is 337 g/mol. The van der Waals surface area contributed by atoms with Crippen molar-refractivity contribution in [3.8, 4) is 6.07 Å². The summed E-state index contributed by atoms with van der Waals surface area (Å²) in [6, 6.07) is 9.09. The summed E-state index contributed by atoms with van der Waals surface area (Å²) < 4.78 is 40.1. The quantitative estimate of drug-likeness (QED) is 0.623. The lowest BCUT2D eigenvalue weighted by Gasteiger charge is -2.20. The normalized spacial score (nSPS) is 10.9. The van der Waals surface area contributed by atoms with E-state index >= 15 is 0 Å². The summed E-state index contributed by atoms with van der Waals surface area (Å²) >= 11 is 0. The number of nitrogens with zero attached hydrogens (tertiary/aromatic N) is 3. The number of hydrogen-bond donors (Lipinski definition) is 0. The summed E-state index contributed by atoms with van der Waals surface area (Å²) in [5, 5.41) is 19.9. The molecule has 0 aliphatic heterocycles. The number of nitro groups is 1. The molecule has 0 saturated carbocycles. The standard InChI is InChI=1S/C15H12FN3O4S/c1-10-6-13(16)15(8-14(10)19(20)21)24(22,23)18(2)12-5-3-4-11(7-12)9-17/h3-8H,1-2H3. The Morgan fingerprint density at radius 1 is 1.29 bits per heavy atom. The van der Waals surface area contributed by atoms with Crippen molar-refractivity contribution >= 4 is 21.4 Å². The predicted molar refractivity (Wildman–Crippen MR) is 84.5 cm³/mol. The fourth-order valence-corrected chi connectivity index (χ4v) is 3.35. The van der Waals surface area contributed by atoms with Gasteiger partial charge in [0.1, 0.15) is 10.7 Å². The van der Waals surface area contributed by atoms with Crippen molar-refractivity contribution in [2.45, 2.75) is 11.8 Å². The van der Waals surface area contributed by atoms with Gasteiger partial charge in [-0.2, -0.15) is 5.26 Å². The van der Waals surface area contributed by atoms with E-state index in [1.54, 1.807) is 0 Å². The van der Waals surface area contributed by atoms with Crippen LogP contribution in [0.5, 0.6) is 0 Å². The Morgan fingerprint density at radius 3 is 2.54 bits per heavy atom. The average Bonchev–Trinajstić information content (AvgIpc) is 2.53. The van der Waals surface area contributed by atoms with Gasteiger partial charge in [-0.05, 0) is 31.2 Å². The van der Waals surface area contributed by atoms with Gasteiger partial charge < -0.3 is 0 Å². The Bertz CT molecular complexity index is 967. The van der Waals surface area contributed by atoms with Crippen LogP contribution in [-0.4, -0.2) is 20.4 Å². The van der Waals surface area contributed by atoms with Crippen LogP contribution in [0, 0.1) is 34.2 Å². The summed E-state index contributed by atoms with van der Waals surface area (Å²) in [5.74, 6) is -1.08. The van der Waals surface area contributed by atoms with Crippen molar-refractivity contribution in [3.63, 3.8) is 0 Å². The molecule has 9 heteroatoms. The first kappa shape index (κ1) is 17.4. The molecule has 0 radical (unpaired) electrons. The highest BCUT2D eigenvalue weighted by Gasteiger charge is 2.28. The third-order valence-corrected chi connectivity index (χ3v) is 5.23. The Labute approximate surface area is 137 Å². The lowest BCUT2D eigenvalue weighted by molar-refractivity contribution is -0.385. The highest BCUT2D eigenvalue weighted by atomic mass is 32.2. The molecule has 2 aromatic rings. The van der Waals surface area contributed by atoms with Gasteiger partial charge in [0.15, 0.2) is 0 Å². The van der Waals surface area contributed by atoms with Crippen molar-refractivity contribution in [2.24, 2.45) is 0 Å². The van der Waals surface area contributed by atoms with Crippen molar-refractivity contribution in [1.82, 2.24) is 0 Å². The molecule has 0 aliphatic rings. The third-order valence-electron chi connectivity index (χ3n) is 3.42. The number of rotatable bonds is 4. The zero-order valence-corrected chi connectivity index (χ0v) is 13.5. The molecule has 124 valence electrons. The Balaban J connectivity index is 2.60. The SMILES string of the molecule is Cc1cc(F)c(S(=O)(=O)N(C)c2cccc(C#N)c2)cc1[N+](=O)[O-]. The van der Waals surface area contributed by atoms with E-state index < -0.39 is 31.3 Å². The molecule has 2 rings (SSSR count). The second kappa shape index (κ2) is 6.25. The fraction of sp³-hybridized carbons (Fsp3) is 0.133. The highest BCUT2D eigenvalue weighted by Crippen LogP contribution is 2.29. The Hall–Kier alpha value is -2.99. The smallest absolute Gasteiger partial charge is 0.269 e. The lowest BCUT2D eigenvalue weighted by Crippen LogP contribution is -2.27. The van der Waals surface area contributed by atoms with Gasteiger partial charge in [-0.3, -0.25) is 14.4 Å². The van der Waals surface area contributed by atoms with Crippen LogP contribution in [0.1, 0.15) is 11.1 Å². The minimum absolute atomic E-state index is 0.0191. The lowest BCUT2D eigenvalue weighted by atomic mass is 10.2. The van der Waals surface area contributed by atoms with Crippen molar-refractivity contribution in [3.05, 3.63) is 63.5 Å². The summed E-state index contributed by atoms with van der Waals surface area (Å²) in [6.45, 7) is 1.32. The zero-order valence-electron chi connectivity index (χ0n) is 12.7.